The molecule has 0 atom stereocenters. The zero-order valence-corrected chi connectivity index (χ0v) is 11.2. The van der Waals surface area contributed by atoms with E-state index in [2.05, 4.69) is 10.6 Å². The lowest BCUT2D eigenvalue weighted by Gasteiger charge is -2.07. The molecular weight excluding hydrogens is 266 g/mol. The molecule has 1 aromatic carbocycles. The second-order valence-corrected chi connectivity index (χ2v) is 4.99. The van der Waals surface area contributed by atoms with Crippen molar-refractivity contribution >= 4 is 29.1 Å². The topological polar surface area (TPSA) is 84.2 Å². The molecule has 2 amide bonds. The van der Waals surface area contributed by atoms with Gasteiger partial charge in [0.1, 0.15) is 0 Å². The monoisotopic (exact) mass is 281 g/mol. The van der Waals surface area contributed by atoms with Crippen molar-refractivity contribution in [2.24, 2.45) is 0 Å². The summed E-state index contributed by atoms with van der Waals surface area (Å²) in [6, 6.07) is 5.04. The Balaban J connectivity index is 1.78. The minimum Gasteiger partial charge on any atom is -0.399 e. The van der Waals surface area contributed by atoms with Gasteiger partial charge >= 0.3 is 0 Å². The number of hydrogen-bond acceptors (Lipinski definition) is 3. The maximum atomic E-state index is 11.8. The molecule has 0 spiro atoms. The van der Waals surface area contributed by atoms with E-state index in [1.54, 1.807) is 12.1 Å². The van der Waals surface area contributed by atoms with Crippen molar-refractivity contribution in [1.82, 2.24) is 10.6 Å². The first-order valence-electron chi connectivity index (χ1n) is 6.19. The third-order valence-corrected chi connectivity index (χ3v) is 3.13. The van der Waals surface area contributed by atoms with Gasteiger partial charge in [-0.1, -0.05) is 11.6 Å². The zero-order valence-electron chi connectivity index (χ0n) is 10.4. The fourth-order valence-electron chi connectivity index (χ4n) is 1.63. The molecule has 0 aromatic heterocycles. The zero-order chi connectivity index (χ0) is 13.8. The fourth-order valence-corrected chi connectivity index (χ4v) is 1.90. The van der Waals surface area contributed by atoms with Gasteiger partial charge in [0.25, 0.3) is 5.91 Å². The number of carbonyl (C=O) groups excluding carboxylic acids is 2. The summed E-state index contributed by atoms with van der Waals surface area (Å²) in [4.78, 5) is 23.2. The standard InChI is InChI=1S/C13H16ClN3O2/c14-11-7-8(15)1-4-10(11)13(19)16-6-5-12(18)17-9-2-3-9/h1,4,7,9H,2-3,5-6,15H2,(H,16,19)(H,17,18). The van der Waals surface area contributed by atoms with E-state index in [1.165, 1.54) is 6.07 Å². The lowest BCUT2D eigenvalue weighted by atomic mass is 10.2. The highest BCUT2D eigenvalue weighted by molar-refractivity contribution is 6.34. The van der Waals surface area contributed by atoms with E-state index in [9.17, 15) is 9.59 Å². The van der Waals surface area contributed by atoms with Crippen molar-refractivity contribution in [1.29, 1.82) is 0 Å². The van der Waals surface area contributed by atoms with Crippen molar-refractivity contribution in [3.05, 3.63) is 28.8 Å². The minimum atomic E-state index is -0.302. The third-order valence-electron chi connectivity index (χ3n) is 2.82. The molecule has 1 aliphatic rings. The first-order valence-corrected chi connectivity index (χ1v) is 6.56. The Labute approximate surface area is 116 Å². The number of anilines is 1. The average molecular weight is 282 g/mol. The van der Waals surface area contributed by atoms with Crippen LogP contribution in [0.3, 0.4) is 0 Å². The molecule has 1 fully saturated rings. The molecule has 0 radical (unpaired) electrons. The summed E-state index contributed by atoms with van der Waals surface area (Å²) in [5.74, 6) is -0.338. The molecule has 0 unspecified atom stereocenters. The van der Waals surface area contributed by atoms with Gasteiger partial charge in [0.05, 0.1) is 10.6 Å². The van der Waals surface area contributed by atoms with E-state index in [4.69, 9.17) is 17.3 Å². The van der Waals surface area contributed by atoms with E-state index in [0.29, 0.717) is 22.3 Å². The van der Waals surface area contributed by atoms with Crippen LogP contribution in [0.4, 0.5) is 5.69 Å². The normalized spacial score (nSPS) is 13.9. The smallest absolute Gasteiger partial charge is 0.252 e. The predicted molar refractivity (Wildman–Crippen MR) is 74.0 cm³/mol. The Morgan fingerprint density at radius 1 is 1.37 bits per heavy atom. The van der Waals surface area contributed by atoms with Gasteiger partial charge in [-0.15, -0.1) is 0 Å². The Morgan fingerprint density at radius 2 is 2.11 bits per heavy atom. The number of amides is 2. The summed E-state index contributed by atoms with van der Waals surface area (Å²) in [7, 11) is 0. The van der Waals surface area contributed by atoms with Crippen LogP contribution in [0.15, 0.2) is 18.2 Å². The van der Waals surface area contributed by atoms with Crippen LogP contribution in [0.25, 0.3) is 0 Å². The van der Waals surface area contributed by atoms with E-state index < -0.39 is 0 Å². The molecule has 1 aliphatic carbocycles. The molecule has 1 saturated carbocycles. The van der Waals surface area contributed by atoms with Crippen LogP contribution in [0.2, 0.25) is 5.02 Å². The van der Waals surface area contributed by atoms with Gasteiger partial charge in [0.2, 0.25) is 5.91 Å². The molecule has 0 aliphatic heterocycles. The fraction of sp³-hybridized carbons (Fsp3) is 0.385. The van der Waals surface area contributed by atoms with E-state index in [0.717, 1.165) is 12.8 Å². The quantitative estimate of drug-likeness (QED) is 0.712. The highest BCUT2D eigenvalue weighted by Crippen LogP contribution is 2.19. The number of rotatable bonds is 5. The summed E-state index contributed by atoms with van der Waals surface area (Å²) < 4.78 is 0. The van der Waals surface area contributed by atoms with Gasteiger partial charge < -0.3 is 16.4 Å². The summed E-state index contributed by atoms with van der Waals surface area (Å²) in [5, 5.41) is 5.82. The highest BCUT2D eigenvalue weighted by atomic mass is 35.5. The Hall–Kier alpha value is -1.75. The molecular formula is C13H16ClN3O2. The van der Waals surface area contributed by atoms with Gasteiger partial charge in [-0.2, -0.15) is 0 Å². The second-order valence-electron chi connectivity index (χ2n) is 4.59. The summed E-state index contributed by atoms with van der Waals surface area (Å²) in [6.45, 7) is 0.290. The molecule has 6 heteroatoms. The number of nitrogens with one attached hydrogen (secondary N) is 2. The molecule has 0 saturated heterocycles. The van der Waals surface area contributed by atoms with Crippen molar-refractivity contribution in [2.45, 2.75) is 25.3 Å². The maximum Gasteiger partial charge on any atom is 0.252 e. The summed E-state index contributed by atoms with van der Waals surface area (Å²) >= 11 is 5.92. The Bertz CT molecular complexity index is 501. The van der Waals surface area contributed by atoms with Gasteiger partial charge in [-0.05, 0) is 31.0 Å². The van der Waals surface area contributed by atoms with Crippen molar-refractivity contribution in [2.75, 3.05) is 12.3 Å². The number of halogens is 1. The Morgan fingerprint density at radius 3 is 2.74 bits per heavy atom. The first kappa shape index (κ1) is 13.7. The largest absolute Gasteiger partial charge is 0.399 e. The van der Waals surface area contributed by atoms with Gasteiger partial charge in [0.15, 0.2) is 0 Å². The molecule has 2 rings (SSSR count). The SMILES string of the molecule is Nc1ccc(C(=O)NCCC(=O)NC2CC2)c(Cl)c1. The van der Waals surface area contributed by atoms with Crippen LogP contribution in [-0.4, -0.2) is 24.4 Å². The minimum absolute atomic E-state index is 0.0359. The van der Waals surface area contributed by atoms with Crippen LogP contribution in [-0.2, 0) is 4.79 Å². The van der Waals surface area contributed by atoms with Crippen molar-refractivity contribution in [3.8, 4) is 0 Å². The van der Waals surface area contributed by atoms with Crippen LogP contribution < -0.4 is 16.4 Å². The van der Waals surface area contributed by atoms with Crippen LogP contribution >= 0.6 is 11.6 Å². The summed E-state index contributed by atoms with van der Waals surface area (Å²) in [5.41, 5.74) is 6.42. The summed E-state index contributed by atoms with van der Waals surface area (Å²) in [6.07, 6.45) is 2.38. The van der Waals surface area contributed by atoms with Crippen molar-refractivity contribution in [3.63, 3.8) is 0 Å². The molecule has 19 heavy (non-hydrogen) atoms. The lowest BCUT2D eigenvalue weighted by molar-refractivity contribution is -0.121. The van der Waals surface area contributed by atoms with Crippen LogP contribution in [0, 0.1) is 0 Å². The van der Waals surface area contributed by atoms with Crippen LogP contribution in [0.1, 0.15) is 29.6 Å². The number of carbonyl (C=O) groups is 2. The van der Waals surface area contributed by atoms with Crippen LogP contribution in [0.5, 0.6) is 0 Å². The number of hydrogen-bond donors (Lipinski definition) is 3. The van der Waals surface area contributed by atoms with Gasteiger partial charge in [-0.3, -0.25) is 9.59 Å². The number of nitrogen functional groups attached to an aromatic ring is 1. The van der Waals surface area contributed by atoms with E-state index in [-0.39, 0.29) is 24.8 Å². The lowest BCUT2D eigenvalue weighted by Crippen LogP contribution is -2.31. The molecule has 0 bridgehead atoms. The average Bonchev–Trinajstić information content (AvgIpc) is 3.12. The van der Waals surface area contributed by atoms with E-state index >= 15 is 0 Å². The highest BCUT2D eigenvalue weighted by Gasteiger charge is 2.22. The molecule has 1 aromatic rings. The van der Waals surface area contributed by atoms with Gasteiger partial charge in [0, 0.05) is 24.7 Å². The number of benzene rings is 1. The molecule has 4 N–H and O–H groups in total. The Kier molecular flexibility index (Phi) is 4.27. The van der Waals surface area contributed by atoms with E-state index in [1.807, 2.05) is 0 Å². The first-order chi connectivity index (χ1) is 9.06. The maximum absolute atomic E-state index is 11.8. The second kappa shape index (κ2) is 5.93. The van der Waals surface area contributed by atoms with Crippen molar-refractivity contribution < 1.29 is 9.59 Å². The number of nitrogens with two attached hydrogens (primary N) is 1. The molecule has 5 nitrogen and oxygen atoms in total. The molecule has 0 heterocycles. The van der Waals surface area contributed by atoms with Gasteiger partial charge in [-0.25, -0.2) is 0 Å². The predicted octanol–water partition coefficient (Wildman–Crippen LogP) is 1.32. The molecule has 102 valence electrons. The third kappa shape index (κ3) is 4.13.